The molecule has 4 nitrogen and oxygen atoms in total. The Morgan fingerprint density at radius 1 is 1.04 bits per heavy atom. The van der Waals surface area contributed by atoms with Crippen LogP contribution < -0.4 is 5.46 Å². The summed E-state index contributed by atoms with van der Waals surface area (Å²) >= 11 is 4.67. The van der Waals surface area contributed by atoms with E-state index in [0.717, 1.165) is 54.4 Å². The number of Topliss-reactive ketones (excluding diaryl/α,β-unsaturated/α-hetero) is 1. The number of thiol groups is 1. The third-order valence-electron chi connectivity index (χ3n) is 10.9. The van der Waals surface area contributed by atoms with E-state index in [9.17, 15) is 9.90 Å². The highest BCUT2D eigenvalue weighted by molar-refractivity contribution is 7.81. The summed E-state index contributed by atoms with van der Waals surface area (Å²) in [5.41, 5.74) is 2.02. The van der Waals surface area contributed by atoms with Crippen LogP contribution in [0, 0.1) is 30.1 Å². The molecule has 0 unspecified atom stereocenters. The van der Waals surface area contributed by atoms with Crippen LogP contribution in [0.5, 0.6) is 0 Å². The standard InChI is InChI=1S/C26H41BNO3S.C8H16.C8H18/c1-18(2)22(29)26(12-14-28(15-13-26)17-23(4,5)30)21-11-10-20(16-19(21)3)27-31-24(6,7)25(8,9)32;1-3-4-8-5-7(2)6-8;1-5-7-8(3,4)6-2/h10-11,16-18,30H,12-15H2,1-9H3;7-8H,3-6H2,1-2H3;5-7H2,1-4H3/p+1. The number of benzene rings is 1. The van der Waals surface area contributed by atoms with E-state index in [4.69, 9.17) is 4.65 Å². The van der Waals surface area contributed by atoms with Crippen LogP contribution in [0.1, 0.15) is 166 Å². The Morgan fingerprint density at radius 2 is 1.60 bits per heavy atom. The molecule has 1 aromatic rings. The van der Waals surface area contributed by atoms with Crippen LogP contribution in [0.2, 0.25) is 0 Å². The van der Waals surface area contributed by atoms with Gasteiger partial charge in [0.05, 0.1) is 11.0 Å². The molecular weight excluding hydrogens is 609 g/mol. The Balaban J connectivity index is 0.000000585. The van der Waals surface area contributed by atoms with E-state index in [1.807, 2.05) is 47.8 Å². The molecule has 6 heteroatoms. The third-order valence-corrected chi connectivity index (χ3v) is 11.5. The van der Waals surface area contributed by atoms with Gasteiger partial charge in [-0.2, -0.15) is 12.6 Å². The first kappa shape index (κ1) is 44.9. The average molecular weight is 686 g/mol. The predicted molar refractivity (Wildman–Crippen MR) is 214 cm³/mol. The van der Waals surface area contributed by atoms with Crippen LogP contribution in [0.15, 0.2) is 18.2 Å². The summed E-state index contributed by atoms with van der Waals surface area (Å²) in [7, 11) is 1.80. The summed E-state index contributed by atoms with van der Waals surface area (Å²) < 4.78 is 7.95. The second kappa shape index (κ2) is 18.9. The zero-order valence-corrected chi connectivity index (χ0v) is 34.9. The number of hydrogen-bond acceptors (Lipinski definition) is 4. The third kappa shape index (κ3) is 14.3. The Bertz CT molecular complexity index is 1140. The Labute approximate surface area is 304 Å². The molecule has 1 saturated heterocycles. The van der Waals surface area contributed by atoms with Crippen molar-refractivity contribution in [2.45, 2.75) is 183 Å². The minimum atomic E-state index is -0.856. The SMILES string of the molecule is CCCC(C)(C)CC.CCCC1CC(C)C1.Cc1cc([B]OC(C)(C)C(C)(C)S)ccc1C1(C(=O)C(C)C)CC[N+](=CC(C)(C)O)CC1. The molecule has 1 aromatic carbocycles. The highest BCUT2D eigenvalue weighted by Crippen LogP contribution is 2.39. The number of piperidine rings is 1. The summed E-state index contributed by atoms with van der Waals surface area (Å²) in [6.07, 6.45) is 13.2. The van der Waals surface area contributed by atoms with Gasteiger partial charge in [0, 0.05) is 23.5 Å². The monoisotopic (exact) mass is 686 g/mol. The van der Waals surface area contributed by atoms with Gasteiger partial charge in [0.1, 0.15) is 24.5 Å². The largest absolute Gasteiger partial charge is 0.428 e. The summed E-state index contributed by atoms with van der Waals surface area (Å²) in [4.78, 5) is 13.5. The maximum Gasteiger partial charge on any atom is 0.330 e. The Hall–Kier alpha value is -1.11. The molecule has 1 aliphatic heterocycles. The average Bonchev–Trinajstić information content (AvgIpc) is 2.95. The van der Waals surface area contributed by atoms with E-state index in [2.05, 4.69) is 83.9 Å². The Kier molecular flexibility index (Phi) is 17.7. The van der Waals surface area contributed by atoms with Crippen molar-refractivity contribution < 1.29 is 19.1 Å². The van der Waals surface area contributed by atoms with E-state index in [1.165, 1.54) is 44.9 Å². The molecule has 1 N–H and O–H groups in total. The lowest BCUT2D eigenvalue weighted by Gasteiger charge is -2.39. The van der Waals surface area contributed by atoms with Crippen LogP contribution >= 0.6 is 12.6 Å². The molecule has 2 aliphatic rings. The second-order valence-corrected chi connectivity index (χ2v) is 18.9. The van der Waals surface area contributed by atoms with E-state index in [1.54, 1.807) is 21.3 Å². The number of carbonyl (C=O) groups excluding carboxylic acids is 1. The van der Waals surface area contributed by atoms with Crippen molar-refractivity contribution in [3.05, 3.63) is 29.3 Å². The van der Waals surface area contributed by atoms with Gasteiger partial charge in [-0.25, -0.2) is 4.58 Å². The van der Waals surface area contributed by atoms with E-state index >= 15 is 0 Å². The van der Waals surface area contributed by atoms with Gasteiger partial charge in [0.15, 0.2) is 6.21 Å². The summed E-state index contributed by atoms with van der Waals surface area (Å²) in [6, 6.07) is 6.27. The molecule has 1 heterocycles. The fraction of sp³-hybridized carbons (Fsp3) is 0.810. The van der Waals surface area contributed by atoms with Crippen LogP contribution in [0.3, 0.4) is 0 Å². The van der Waals surface area contributed by atoms with E-state index < -0.39 is 16.6 Å². The van der Waals surface area contributed by atoms with Gasteiger partial charge < -0.3 is 9.76 Å². The molecule has 0 atom stereocenters. The molecule has 275 valence electrons. The van der Waals surface area contributed by atoms with Gasteiger partial charge >= 0.3 is 7.48 Å². The minimum absolute atomic E-state index is 0.0350. The maximum absolute atomic E-state index is 13.5. The number of nitrogens with zero attached hydrogens (tertiary/aromatic N) is 1. The molecule has 1 saturated carbocycles. The topological polar surface area (TPSA) is 49.5 Å². The van der Waals surface area contributed by atoms with Gasteiger partial charge in [0.25, 0.3) is 0 Å². The lowest BCUT2D eigenvalue weighted by Crippen LogP contribution is -2.48. The fourth-order valence-corrected chi connectivity index (χ4v) is 6.96. The first-order valence-electron chi connectivity index (χ1n) is 19.1. The number of rotatable bonds is 13. The molecule has 2 fully saturated rings. The number of carbonyl (C=O) groups is 1. The van der Waals surface area contributed by atoms with Gasteiger partial charge in [-0.3, -0.25) is 4.79 Å². The first-order chi connectivity index (χ1) is 21.9. The smallest absolute Gasteiger partial charge is 0.330 e. The lowest BCUT2D eigenvalue weighted by molar-refractivity contribution is -0.540. The van der Waals surface area contributed by atoms with Crippen LogP contribution in [0.25, 0.3) is 0 Å². The molecule has 0 aromatic heterocycles. The number of ketones is 1. The highest BCUT2D eigenvalue weighted by Gasteiger charge is 2.46. The van der Waals surface area contributed by atoms with Crippen LogP contribution in [-0.4, -0.2) is 58.2 Å². The minimum Gasteiger partial charge on any atom is -0.428 e. The van der Waals surface area contributed by atoms with Gasteiger partial charge in [-0.15, -0.1) is 0 Å². The molecule has 0 spiro atoms. The molecule has 0 amide bonds. The fourth-order valence-electron chi connectivity index (χ4n) is 6.91. The molecule has 0 bridgehead atoms. The van der Waals surface area contributed by atoms with E-state index in [-0.39, 0.29) is 10.7 Å². The molecule has 3 rings (SSSR count). The van der Waals surface area contributed by atoms with Crippen molar-refractivity contribution in [3.63, 3.8) is 0 Å². The van der Waals surface area contributed by atoms with Crippen molar-refractivity contribution in [2.75, 3.05) is 13.1 Å². The van der Waals surface area contributed by atoms with E-state index in [0.29, 0.717) is 11.2 Å². The second-order valence-electron chi connectivity index (χ2n) is 17.8. The van der Waals surface area contributed by atoms with Crippen LogP contribution in [-0.2, 0) is 14.9 Å². The zero-order chi connectivity index (χ0) is 37.1. The number of hydrogen-bond donors (Lipinski definition) is 2. The Morgan fingerprint density at radius 3 is 1.98 bits per heavy atom. The molecular formula is C42H76BNO3S+. The van der Waals surface area contributed by atoms with Crippen molar-refractivity contribution in [2.24, 2.45) is 23.2 Å². The van der Waals surface area contributed by atoms with Crippen molar-refractivity contribution in [1.82, 2.24) is 0 Å². The highest BCUT2D eigenvalue weighted by atomic mass is 32.1. The predicted octanol–water partition coefficient (Wildman–Crippen LogP) is 9.91. The summed E-state index contributed by atoms with van der Waals surface area (Å²) in [5, 5.41) is 10.2. The molecule has 1 aliphatic carbocycles. The summed E-state index contributed by atoms with van der Waals surface area (Å²) in [6.45, 7) is 33.1. The number of aryl methyl sites for hydroxylation is 1. The first-order valence-corrected chi connectivity index (χ1v) is 19.6. The van der Waals surface area contributed by atoms with Gasteiger partial charge in [0.2, 0.25) is 0 Å². The normalized spacial score (nSPS) is 21.8. The van der Waals surface area contributed by atoms with Gasteiger partial charge in [-0.1, -0.05) is 105 Å². The number of aliphatic hydroxyl groups is 1. The summed E-state index contributed by atoms with van der Waals surface area (Å²) in [5.74, 6) is 2.42. The van der Waals surface area contributed by atoms with Crippen LogP contribution in [0.4, 0.5) is 0 Å². The van der Waals surface area contributed by atoms with Crippen molar-refractivity contribution >= 4 is 37.6 Å². The lowest BCUT2D eigenvalue weighted by atomic mass is 9.65. The molecule has 1 radical (unpaired) electrons. The quantitative estimate of drug-likeness (QED) is 0.124. The maximum atomic E-state index is 13.5. The van der Waals surface area contributed by atoms with Crippen molar-refractivity contribution in [3.8, 4) is 0 Å². The van der Waals surface area contributed by atoms with Crippen molar-refractivity contribution in [1.29, 1.82) is 0 Å². The molecule has 48 heavy (non-hydrogen) atoms. The van der Waals surface area contributed by atoms with Gasteiger partial charge in [-0.05, 0) is 96.1 Å². The zero-order valence-electron chi connectivity index (χ0n) is 34.1.